The summed E-state index contributed by atoms with van der Waals surface area (Å²) in [5, 5.41) is 3.00. The molecule has 0 radical (unpaired) electrons. The third-order valence-corrected chi connectivity index (χ3v) is 5.33. The van der Waals surface area contributed by atoms with Gasteiger partial charge in [-0.15, -0.1) is 0 Å². The Hall–Kier alpha value is -3.60. The average Bonchev–Trinajstić information content (AvgIpc) is 3.12. The van der Waals surface area contributed by atoms with Crippen molar-refractivity contribution in [1.82, 2.24) is 14.9 Å². The molecule has 0 atom stereocenters. The van der Waals surface area contributed by atoms with Crippen molar-refractivity contribution >= 4 is 16.9 Å². The predicted molar refractivity (Wildman–Crippen MR) is 119 cm³/mol. The molecule has 5 heteroatoms. The maximum Gasteiger partial charge on any atom is 0.251 e. The van der Waals surface area contributed by atoms with Crippen molar-refractivity contribution < 1.29 is 9.53 Å². The van der Waals surface area contributed by atoms with Gasteiger partial charge in [0.25, 0.3) is 5.91 Å². The zero-order valence-electron chi connectivity index (χ0n) is 17.5. The number of carbonyl (C=O) groups excluding carboxylic acids is 1. The molecule has 0 aliphatic rings. The van der Waals surface area contributed by atoms with E-state index in [2.05, 4.69) is 48.0 Å². The first kappa shape index (κ1) is 19.7. The number of hydrogen-bond donors (Lipinski definition) is 1. The lowest BCUT2D eigenvalue weighted by atomic mass is 10.1. The van der Waals surface area contributed by atoms with Gasteiger partial charge in [-0.25, -0.2) is 4.98 Å². The minimum Gasteiger partial charge on any atom is -0.497 e. The number of hydrogen-bond acceptors (Lipinski definition) is 3. The van der Waals surface area contributed by atoms with Crippen molar-refractivity contribution in [3.63, 3.8) is 0 Å². The number of ether oxygens (including phenoxy) is 1. The number of aromatic nitrogens is 2. The monoisotopic (exact) mass is 399 g/mol. The van der Waals surface area contributed by atoms with Gasteiger partial charge in [-0.05, 0) is 61.4 Å². The standard InChI is InChI=1S/C25H25N3O2/c1-17-8-9-18(2)20(14-17)16-28-23-7-5-4-6-22(23)27-24(28)15-26-25(29)19-10-12-21(30-3)13-11-19/h4-14H,15-16H2,1-3H3,(H,26,29). The van der Waals surface area contributed by atoms with E-state index in [1.54, 1.807) is 31.4 Å². The summed E-state index contributed by atoms with van der Waals surface area (Å²) in [6.45, 7) is 5.29. The van der Waals surface area contributed by atoms with Gasteiger partial charge >= 0.3 is 0 Å². The molecule has 0 fully saturated rings. The number of para-hydroxylation sites is 2. The fraction of sp³-hybridized carbons (Fsp3) is 0.200. The molecule has 4 aromatic rings. The first-order chi connectivity index (χ1) is 14.5. The molecule has 1 aromatic heterocycles. The number of nitrogens with one attached hydrogen (secondary N) is 1. The number of fused-ring (bicyclic) bond motifs is 1. The second kappa shape index (κ2) is 8.41. The number of nitrogens with zero attached hydrogens (tertiary/aromatic N) is 2. The summed E-state index contributed by atoms with van der Waals surface area (Å²) in [5.74, 6) is 1.42. The number of rotatable bonds is 6. The molecule has 152 valence electrons. The van der Waals surface area contributed by atoms with Gasteiger partial charge in [-0.2, -0.15) is 0 Å². The maximum absolute atomic E-state index is 12.6. The minimum atomic E-state index is -0.136. The Morgan fingerprint density at radius 1 is 1.03 bits per heavy atom. The first-order valence-corrected chi connectivity index (χ1v) is 9.97. The molecule has 1 heterocycles. The number of carbonyl (C=O) groups is 1. The Kier molecular flexibility index (Phi) is 5.53. The van der Waals surface area contributed by atoms with Crippen LogP contribution in [-0.2, 0) is 13.1 Å². The Bertz CT molecular complexity index is 1190. The van der Waals surface area contributed by atoms with Gasteiger partial charge in [0.15, 0.2) is 0 Å². The quantitative estimate of drug-likeness (QED) is 0.514. The van der Waals surface area contributed by atoms with Gasteiger partial charge < -0.3 is 14.6 Å². The van der Waals surface area contributed by atoms with Gasteiger partial charge in [0.2, 0.25) is 0 Å². The zero-order valence-corrected chi connectivity index (χ0v) is 17.5. The van der Waals surface area contributed by atoms with Crippen LogP contribution < -0.4 is 10.1 Å². The van der Waals surface area contributed by atoms with Crippen molar-refractivity contribution in [2.45, 2.75) is 26.9 Å². The molecule has 0 aliphatic carbocycles. The van der Waals surface area contributed by atoms with Crippen LogP contribution in [0.15, 0.2) is 66.7 Å². The van der Waals surface area contributed by atoms with Crippen LogP contribution in [0.4, 0.5) is 0 Å². The molecule has 0 bridgehead atoms. The number of aryl methyl sites for hydroxylation is 2. The van der Waals surface area contributed by atoms with Gasteiger partial charge in [0, 0.05) is 12.1 Å². The molecule has 1 amide bonds. The lowest BCUT2D eigenvalue weighted by Crippen LogP contribution is -2.25. The van der Waals surface area contributed by atoms with E-state index in [1.165, 1.54) is 16.7 Å². The Morgan fingerprint density at radius 3 is 2.57 bits per heavy atom. The normalized spacial score (nSPS) is 10.9. The highest BCUT2D eigenvalue weighted by Gasteiger charge is 2.14. The largest absolute Gasteiger partial charge is 0.497 e. The van der Waals surface area contributed by atoms with Crippen molar-refractivity contribution in [3.8, 4) is 5.75 Å². The van der Waals surface area contributed by atoms with E-state index in [-0.39, 0.29) is 5.91 Å². The average molecular weight is 399 g/mol. The summed E-state index contributed by atoms with van der Waals surface area (Å²) in [6, 6.07) is 21.6. The maximum atomic E-state index is 12.6. The van der Waals surface area contributed by atoms with Gasteiger partial charge in [-0.3, -0.25) is 4.79 Å². The molecule has 0 unspecified atom stereocenters. The number of benzene rings is 3. The van der Waals surface area contributed by atoms with E-state index in [0.717, 1.165) is 22.6 Å². The predicted octanol–water partition coefficient (Wildman–Crippen LogP) is 4.64. The molecule has 0 aliphatic heterocycles. The van der Waals surface area contributed by atoms with Crippen LogP contribution in [0.3, 0.4) is 0 Å². The minimum absolute atomic E-state index is 0.136. The van der Waals surface area contributed by atoms with Crippen LogP contribution >= 0.6 is 0 Å². The van der Waals surface area contributed by atoms with E-state index in [0.29, 0.717) is 18.7 Å². The molecular weight excluding hydrogens is 374 g/mol. The molecule has 5 nitrogen and oxygen atoms in total. The van der Waals surface area contributed by atoms with Gasteiger partial charge in [0.05, 0.1) is 24.7 Å². The zero-order chi connectivity index (χ0) is 21.1. The van der Waals surface area contributed by atoms with Crippen LogP contribution in [-0.4, -0.2) is 22.6 Å². The van der Waals surface area contributed by atoms with Crippen LogP contribution in [0.5, 0.6) is 5.75 Å². The van der Waals surface area contributed by atoms with Crippen molar-refractivity contribution in [2.24, 2.45) is 0 Å². The number of amides is 1. The third kappa shape index (κ3) is 4.06. The summed E-state index contributed by atoms with van der Waals surface area (Å²) in [6.07, 6.45) is 0. The summed E-state index contributed by atoms with van der Waals surface area (Å²) in [7, 11) is 1.61. The fourth-order valence-electron chi connectivity index (χ4n) is 3.58. The fourth-order valence-corrected chi connectivity index (χ4v) is 3.58. The van der Waals surface area contributed by atoms with E-state index in [9.17, 15) is 4.79 Å². The molecule has 0 saturated heterocycles. The summed E-state index contributed by atoms with van der Waals surface area (Å²) in [5.41, 5.74) is 6.30. The van der Waals surface area contributed by atoms with Crippen LogP contribution in [0.2, 0.25) is 0 Å². The van der Waals surface area contributed by atoms with Crippen LogP contribution in [0.25, 0.3) is 11.0 Å². The summed E-state index contributed by atoms with van der Waals surface area (Å²) < 4.78 is 7.34. The highest BCUT2D eigenvalue weighted by molar-refractivity contribution is 5.94. The molecule has 30 heavy (non-hydrogen) atoms. The number of methoxy groups -OCH3 is 1. The Labute approximate surface area is 176 Å². The molecule has 4 rings (SSSR count). The smallest absolute Gasteiger partial charge is 0.251 e. The summed E-state index contributed by atoms with van der Waals surface area (Å²) >= 11 is 0. The molecule has 0 saturated carbocycles. The Morgan fingerprint density at radius 2 is 1.80 bits per heavy atom. The van der Waals surface area contributed by atoms with Crippen molar-refractivity contribution in [2.75, 3.05) is 7.11 Å². The van der Waals surface area contributed by atoms with E-state index in [4.69, 9.17) is 9.72 Å². The second-order valence-electron chi connectivity index (χ2n) is 7.44. The van der Waals surface area contributed by atoms with Crippen molar-refractivity contribution in [3.05, 3.63) is 94.8 Å². The molecular formula is C25H25N3O2. The summed E-state index contributed by atoms with van der Waals surface area (Å²) in [4.78, 5) is 17.4. The SMILES string of the molecule is COc1ccc(C(=O)NCc2nc3ccccc3n2Cc2cc(C)ccc2C)cc1. The van der Waals surface area contributed by atoms with E-state index >= 15 is 0 Å². The molecule has 1 N–H and O–H groups in total. The highest BCUT2D eigenvalue weighted by Crippen LogP contribution is 2.20. The van der Waals surface area contributed by atoms with Crippen molar-refractivity contribution in [1.29, 1.82) is 0 Å². The second-order valence-corrected chi connectivity index (χ2v) is 7.44. The molecule has 3 aromatic carbocycles. The van der Waals surface area contributed by atoms with Gasteiger partial charge in [-0.1, -0.05) is 35.9 Å². The van der Waals surface area contributed by atoms with Gasteiger partial charge in [0.1, 0.15) is 11.6 Å². The number of imidazole rings is 1. The van der Waals surface area contributed by atoms with Crippen LogP contribution in [0.1, 0.15) is 32.9 Å². The lowest BCUT2D eigenvalue weighted by Gasteiger charge is -2.13. The Balaban J connectivity index is 1.61. The van der Waals surface area contributed by atoms with E-state index < -0.39 is 0 Å². The first-order valence-electron chi connectivity index (χ1n) is 9.97. The van der Waals surface area contributed by atoms with E-state index in [1.807, 2.05) is 18.2 Å². The van der Waals surface area contributed by atoms with Crippen LogP contribution in [0, 0.1) is 13.8 Å². The lowest BCUT2D eigenvalue weighted by molar-refractivity contribution is 0.0949. The highest BCUT2D eigenvalue weighted by atomic mass is 16.5. The third-order valence-electron chi connectivity index (χ3n) is 5.33. The topological polar surface area (TPSA) is 56.1 Å². The molecule has 0 spiro atoms.